The first-order valence-corrected chi connectivity index (χ1v) is 9.92. The molecule has 1 aliphatic heterocycles. The summed E-state index contributed by atoms with van der Waals surface area (Å²) in [5.41, 5.74) is 1.13. The zero-order chi connectivity index (χ0) is 14.7. The van der Waals surface area contributed by atoms with Gasteiger partial charge < -0.3 is 5.32 Å². The maximum atomic E-state index is 4.93. The Hall–Kier alpha value is -0.270. The van der Waals surface area contributed by atoms with Crippen molar-refractivity contribution in [2.75, 3.05) is 26.2 Å². The summed E-state index contributed by atoms with van der Waals surface area (Å²) in [4.78, 5) is 8.77. The number of hydrogen-bond donors (Lipinski definition) is 1. The molecule has 1 N–H and O–H groups in total. The molecule has 2 aromatic heterocycles. The van der Waals surface area contributed by atoms with Crippen LogP contribution in [-0.2, 0) is 0 Å². The quantitative estimate of drug-likeness (QED) is 0.827. The van der Waals surface area contributed by atoms with Crippen LogP contribution in [0.2, 0.25) is 0 Å². The zero-order valence-electron chi connectivity index (χ0n) is 12.1. The molecule has 1 atom stereocenters. The van der Waals surface area contributed by atoms with Crippen LogP contribution >= 0.6 is 38.6 Å². The predicted octanol–water partition coefficient (Wildman–Crippen LogP) is 4.38. The average Bonchev–Trinajstić information content (AvgIpc) is 3.14. The van der Waals surface area contributed by atoms with E-state index in [0.29, 0.717) is 6.04 Å². The van der Waals surface area contributed by atoms with Crippen molar-refractivity contribution in [2.24, 2.45) is 0 Å². The Labute approximate surface area is 142 Å². The second-order valence-corrected chi connectivity index (χ2v) is 8.62. The van der Waals surface area contributed by atoms with Crippen molar-refractivity contribution in [1.29, 1.82) is 0 Å². The van der Waals surface area contributed by atoms with Crippen molar-refractivity contribution in [3.63, 3.8) is 0 Å². The standard InChI is InChI=1S/C15H20BrN3S2/c1-2-3-12(19-8-6-17-7-9-19)15-18-11(10-20-15)13-4-5-14(16)21-13/h4-5,10,12,17H,2-3,6-9H2,1H3. The fourth-order valence-electron chi connectivity index (χ4n) is 2.74. The van der Waals surface area contributed by atoms with Gasteiger partial charge in [-0.05, 0) is 34.5 Å². The summed E-state index contributed by atoms with van der Waals surface area (Å²) in [6.07, 6.45) is 2.40. The highest BCUT2D eigenvalue weighted by molar-refractivity contribution is 9.11. The van der Waals surface area contributed by atoms with Gasteiger partial charge in [-0.3, -0.25) is 4.90 Å². The van der Waals surface area contributed by atoms with E-state index in [1.807, 2.05) is 11.3 Å². The van der Waals surface area contributed by atoms with Crippen molar-refractivity contribution in [1.82, 2.24) is 15.2 Å². The Morgan fingerprint density at radius 2 is 2.19 bits per heavy atom. The third-order valence-corrected chi connectivity index (χ3v) is 6.38. The van der Waals surface area contributed by atoms with Crippen LogP contribution in [0.5, 0.6) is 0 Å². The van der Waals surface area contributed by atoms with Crippen LogP contribution in [0.3, 0.4) is 0 Å². The molecule has 6 heteroatoms. The first-order valence-electron chi connectivity index (χ1n) is 7.44. The molecule has 0 aliphatic carbocycles. The van der Waals surface area contributed by atoms with E-state index in [1.54, 1.807) is 11.3 Å². The summed E-state index contributed by atoms with van der Waals surface area (Å²) >= 11 is 7.10. The van der Waals surface area contributed by atoms with Gasteiger partial charge in [0.25, 0.3) is 0 Å². The number of thiophene rings is 1. The molecule has 0 radical (unpaired) electrons. The van der Waals surface area contributed by atoms with Crippen molar-refractivity contribution in [3.05, 3.63) is 26.3 Å². The summed E-state index contributed by atoms with van der Waals surface area (Å²) in [6.45, 7) is 6.71. The lowest BCUT2D eigenvalue weighted by Gasteiger charge is -2.33. The molecule has 1 fully saturated rings. The molecule has 0 saturated carbocycles. The minimum atomic E-state index is 0.485. The van der Waals surface area contributed by atoms with Gasteiger partial charge >= 0.3 is 0 Å². The van der Waals surface area contributed by atoms with Crippen LogP contribution in [0.15, 0.2) is 21.3 Å². The van der Waals surface area contributed by atoms with Crippen LogP contribution in [0.25, 0.3) is 10.6 Å². The fraction of sp³-hybridized carbons (Fsp3) is 0.533. The predicted molar refractivity (Wildman–Crippen MR) is 95.2 cm³/mol. The van der Waals surface area contributed by atoms with Crippen molar-refractivity contribution in [2.45, 2.75) is 25.8 Å². The van der Waals surface area contributed by atoms with Gasteiger partial charge in [0.2, 0.25) is 0 Å². The number of thiazole rings is 1. The van der Waals surface area contributed by atoms with Crippen molar-refractivity contribution in [3.8, 4) is 10.6 Å². The number of piperazine rings is 1. The SMILES string of the molecule is CCCC(c1nc(-c2ccc(Br)s2)cs1)N1CCNCC1. The Kier molecular flexibility index (Phi) is 5.45. The van der Waals surface area contributed by atoms with E-state index in [2.05, 4.69) is 50.6 Å². The maximum absolute atomic E-state index is 4.93. The molecule has 1 saturated heterocycles. The van der Waals surface area contributed by atoms with E-state index in [4.69, 9.17) is 4.98 Å². The van der Waals surface area contributed by atoms with Gasteiger partial charge in [0, 0.05) is 31.6 Å². The van der Waals surface area contributed by atoms with Crippen molar-refractivity contribution < 1.29 is 0 Å². The number of nitrogens with one attached hydrogen (secondary N) is 1. The molecule has 3 nitrogen and oxygen atoms in total. The van der Waals surface area contributed by atoms with E-state index in [-0.39, 0.29) is 0 Å². The highest BCUT2D eigenvalue weighted by Crippen LogP contribution is 2.35. The molecule has 0 amide bonds. The van der Waals surface area contributed by atoms with E-state index in [9.17, 15) is 0 Å². The number of aromatic nitrogens is 1. The number of rotatable bonds is 5. The van der Waals surface area contributed by atoms with Gasteiger partial charge in [0.05, 0.1) is 20.4 Å². The summed E-state index contributed by atoms with van der Waals surface area (Å²) in [6, 6.07) is 4.73. The second kappa shape index (κ2) is 7.33. The van der Waals surface area contributed by atoms with E-state index < -0.39 is 0 Å². The summed E-state index contributed by atoms with van der Waals surface area (Å²) in [7, 11) is 0. The fourth-order valence-corrected chi connectivity index (χ4v) is 5.14. The summed E-state index contributed by atoms with van der Waals surface area (Å²) in [5, 5.41) is 6.92. The third-order valence-electron chi connectivity index (χ3n) is 3.79. The summed E-state index contributed by atoms with van der Waals surface area (Å²) < 4.78 is 1.17. The molecule has 3 heterocycles. The van der Waals surface area contributed by atoms with Crippen LogP contribution in [0.4, 0.5) is 0 Å². The maximum Gasteiger partial charge on any atom is 0.111 e. The lowest BCUT2D eigenvalue weighted by Crippen LogP contribution is -2.45. The largest absolute Gasteiger partial charge is 0.314 e. The second-order valence-electron chi connectivity index (χ2n) is 5.27. The lowest BCUT2D eigenvalue weighted by molar-refractivity contribution is 0.164. The molecule has 0 bridgehead atoms. The monoisotopic (exact) mass is 385 g/mol. The van der Waals surface area contributed by atoms with Crippen LogP contribution in [-0.4, -0.2) is 36.1 Å². The van der Waals surface area contributed by atoms with Crippen LogP contribution < -0.4 is 5.32 Å². The van der Waals surface area contributed by atoms with Gasteiger partial charge in [-0.25, -0.2) is 4.98 Å². The molecule has 1 aliphatic rings. The number of hydrogen-bond acceptors (Lipinski definition) is 5. The smallest absolute Gasteiger partial charge is 0.111 e. The molecule has 3 rings (SSSR count). The Morgan fingerprint density at radius 3 is 2.86 bits per heavy atom. The Balaban J connectivity index is 1.81. The normalized spacial score (nSPS) is 18.0. The minimum absolute atomic E-state index is 0.485. The zero-order valence-corrected chi connectivity index (χ0v) is 15.4. The molecule has 114 valence electrons. The lowest BCUT2D eigenvalue weighted by atomic mass is 10.1. The van der Waals surface area contributed by atoms with Gasteiger partial charge in [-0.1, -0.05) is 13.3 Å². The van der Waals surface area contributed by atoms with E-state index in [1.165, 1.54) is 26.5 Å². The molecule has 21 heavy (non-hydrogen) atoms. The average molecular weight is 386 g/mol. The number of nitrogens with zero attached hydrogens (tertiary/aromatic N) is 2. The Morgan fingerprint density at radius 1 is 1.38 bits per heavy atom. The molecule has 1 unspecified atom stereocenters. The van der Waals surface area contributed by atoms with Crippen LogP contribution in [0.1, 0.15) is 30.8 Å². The third kappa shape index (κ3) is 3.74. The van der Waals surface area contributed by atoms with Gasteiger partial charge in [-0.2, -0.15) is 0 Å². The minimum Gasteiger partial charge on any atom is -0.314 e. The molecular weight excluding hydrogens is 366 g/mol. The van der Waals surface area contributed by atoms with Gasteiger partial charge in [0.1, 0.15) is 5.01 Å². The first kappa shape index (κ1) is 15.6. The molecular formula is C15H20BrN3S2. The number of halogens is 1. The highest BCUT2D eigenvalue weighted by Gasteiger charge is 2.24. The van der Waals surface area contributed by atoms with E-state index in [0.717, 1.165) is 31.9 Å². The van der Waals surface area contributed by atoms with E-state index >= 15 is 0 Å². The Bertz CT molecular complexity index is 575. The van der Waals surface area contributed by atoms with Gasteiger partial charge in [-0.15, -0.1) is 22.7 Å². The molecule has 0 spiro atoms. The first-order chi connectivity index (χ1) is 10.3. The molecule has 2 aromatic rings. The van der Waals surface area contributed by atoms with Crippen LogP contribution in [0, 0.1) is 0 Å². The highest BCUT2D eigenvalue weighted by atomic mass is 79.9. The summed E-state index contributed by atoms with van der Waals surface area (Å²) in [5.74, 6) is 0. The molecule has 0 aromatic carbocycles. The topological polar surface area (TPSA) is 28.2 Å². The van der Waals surface area contributed by atoms with Gasteiger partial charge in [0.15, 0.2) is 0 Å². The van der Waals surface area contributed by atoms with Crippen molar-refractivity contribution >= 4 is 38.6 Å².